The Bertz CT molecular complexity index is 1160. The average Bonchev–Trinajstić information content (AvgIpc) is 3.03. The molecule has 1 N–H and O–H groups in total. The van der Waals surface area contributed by atoms with E-state index < -0.39 is 0 Å². The number of hydrogen-bond donors (Lipinski definition) is 1. The van der Waals surface area contributed by atoms with Crippen molar-refractivity contribution in [3.63, 3.8) is 0 Å². The number of anilines is 1. The summed E-state index contributed by atoms with van der Waals surface area (Å²) in [6, 6.07) is 10.6. The molecular weight excluding hydrogens is 528 g/mol. The quantitative estimate of drug-likeness (QED) is 0.344. The standard InChI is InChI=1S/C22H22Br2N4O3/c1-13(2)28(11-21(30)26-20-6-4-5-19(24)25-20)22(31)12-27-10-17(14(3)29)16-9-15(23)7-8-18(16)27/h4-10,13H,11-12H2,1-3H3,(H,25,26,30). The van der Waals surface area contributed by atoms with Gasteiger partial charge in [-0.25, -0.2) is 4.98 Å². The molecule has 162 valence electrons. The molecule has 0 atom stereocenters. The van der Waals surface area contributed by atoms with Crippen LogP contribution in [-0.2, 0) is 16.1 Å². The molecule has 0 radical (unpaired) electrons. The fourth-order valence-electron chi connectivity index (χ4n) is 3.29. The second kappa shape index (κ2) is 9.74. The molecule has 0 saturated heterocycles. The molecule has 0 spiro atoms. The lowest BCUT2D eigenvalue weighted by Crippen LogP contribution is -2.43. The summed E-state index contributed by atoms with van der Waals surface area (Å²) in [6.45, 7) is 5.13. The van der Waals surface area contributed by atoms with Crippen molar-refractivity contribution in [2.24, 2.45) is 0 Å². The molecule has 31 heavy (non-hydrogen) atoms. The number of ketones is 1. The molecule has 0 aliphatic carbocycles. The topological polar surface area (TPSA) is 84.3 Å². The Morgan fingerprint density at radius 3 is 2.55 bits per heavy atom. The maximum absolute atomic E-state index is 13.1. The van der Waals surface area contributed by atoms with E-state index in [2.05, 4.69) is 42.2 Å². The van der Waals surface area contributed by atoms with E-state index in [0.29, 0.717) is 16.0 Å². The number of pyridine rings is 1. The molecule has 3 rings (SSSR count). The highest BCUT2D eigenvalue weighted by Crippen LogP contribution is 2.26. The number of nitrogens with zero attached hydrogens (tertiary/aromatic N) is 3. The number of aromatic nitrogens is 2. The number of benzene rings is 1. The predicted octanol–water partition coefficient (Wildman–Crippen LogP) is 4.64. The Morgan fingerprint density at radius 1 is 1.16 bits per heavy atom. The number of hydrogen-bond acceptors (Lipinski definition) is 4. The van der Waals surface area contributed by atoms with Crippen LogP contribution in [0.3, 0.4) is 0 Å². The van der Waals surface area contributed by atoms with Gasteiger partial charge in [-0.3, -0.25) is 14.4 Å². The lowest BCUT2D eigenvalue weighted by atomic mass is 10.1. The van der Waals surface area contributed by atoms with Crippen molar-refractivity contribution in [1.29, 1.82) is 0 Å². The van der Waals surface area contributed by atoms with Gasteiger partial charge in [0.15, 0.2) is 5.78 Å². The fraction of sp³-hybridized carbons (Fsp3) is 0.273. The summed E-state index contributed by atoms with van der Waals surface area (Å²) in [5.74, 6) is -0.222. The number of Topliss-reactive ketones (excluding diaryl/α,β-unsaturated/α-hetero) is 1. The van der Waals surface area contributed by atoms with E-state index >= 15 is 0 Å². The van der Waals surface area contributed by atoms with Crippen LogP contribution in [0.1, 0.15) is 31.1 Å². The van der Waals surface area contributed by atoms with Crippen molar-refractivity contribution in [3.05, 3.63) is 57.2 Å². The normalized spacial score (nSPS) is 11.0. The summed E-state index contributed by atoms with van der Waals surface area (Å²) in [6.07, 6.45) is 1.70. The molecule has 0 aliphatic heterocycles. The smallest absolute Gasteiger partial charge is 0.245 e. The first-order valence-electron chi connectivity index (χ1n) is 9.67. The zero-order valence-corrected chi connectivity index (χ0v) is 20.5. The maximum Gasteiger partial charge on any atom is 0.245 e. The van der Waals surface area contributed by atoms with Crippen LogP contribution in [0.5, 0.6) is 0 Å². The number of carbonyl (C=O) groups excluding carboxylic acids is 3. The van der Waals surface area contributed by atoms with Crippen LogP contribution in [0.2, 0.25) is 0 Å². The first-order valence-corrected chi connectivity index (χ1v) is 11.3. The molecule has 0 fully saturated rings. The molecule has 0 bridgehead atoms. The summed E-state index contributed by atoms with van der Waals surface area (Å²) in [4.78, 5) is 43.4. The first kappa shape index (κ1) is 23.1. The van der Waals surface area contributed by atoms with Crippen LogP contribution in [0.15, 0.2) is 51.7 Å². The van der Waals surface area contributed by atoms with Crippen molar-refractivity contribution >= 4 is 66.2 Å². The van der Waals surface area contributed by atoms with E-state index in [1.807, 2.05) is 32.0 Å². The van der Waals surface area contributed by atoms with Crippen molar-refractivity contribution in [2.45, 2.75) is 33.4 Å². The Morgan fingerprint density at radius 2 is 1.90 bits per heavy atom. The SMILES string of the molecule is CC(=O)c1cn(CC(=O)N(CC(=O)Nc2cccc(Br)n2)C(C)C)c2ccc(Br)cc12. The molecule has 2 aromatic heterocycles. The third kappa shape index (κ3) is 5.59. The van der Waals surface area contributed by atoms with Crippen LogP contribution in [0.25, 0.3) is 10.9 Å². The van der Waals surface area contributed by atoms with Gasteiger partial charge in [0.25, 0.3) is 0 Å². The van der Waals surface area contributed by atoms with Crippen LogP contribution in [-0.4, -0.2) is 44.6 Å². The number of rotatable bonds is 7. The molecule has 0 aliphatic rings. The van der Waals surface area contributed by atoms with E-state index in [9.17, 15) is 14.4 Å². The molecule has 0 saturated carbocycles. The highest BCUT2D eigenvalue weighted by atomic mass is 79.9. The summed E-state index contributed by atoms with van der Waals surface area (Å²) >= 11 is 6.69. The fourth-order valence-corrected chi connectivity index (χ4v) is 4.00. The van der Waals surface area contributed by atoms with Gasteiger partial charge in [-0.05, 0) is 67.0 Å². The lowest BCUT2D eigenvalue weighted by Gasteiger charge is -2.26. The first-order chi connectivity index (χ1) is 14.7. The van der Waals surface area contributed by atoms with Gasteiger partial charge in [0, 0.05) is 33.2 Å². The Hall–Kier alpha value is -2.52. The summed E-state index contributed by atoms with van der Waals surface area (Å²) < 4.78 is 3.21. The van der Waals surface area contributed by atoms with Gasteiger partial charge in [-0.1, -0.05) is 22.0 Å². The number of fused-ring (bicyclic) bond motifs is 1. The van der Waals surface area contributed by atoms with E-state index in [0.717, 1.165) is 15.4 Å². The second-order valence-electron chi connectivity index (χ2n) is 7.40. The number of amides is 2. The van der Waals surface area contributed by atoms with Crippen molar-refractivity contribution in [3.8, 4) is 0 Å². The minimum absolute atomic E-state index is 0.0198. The van der Waals surface area contributed by atoms with Crippen LogP contribution in [0.4, 0.5) is 5.82 Å². The molecular formula is C22H22Br2N4O3. The summed E-state index contributed by atoms with van der Waals surface area (Å²) in [5.41, 5.74) is 1.34. The molecule has 7 nitrogen and oxygen atoms in total. The van der Waals surface area contributed by atoms with Crippen molar-refractivity contribution < 1.29 is 14.4 Å². The van der Waals surface area contributed by atoms with Crippen LogP contribution in [0, 0.1) is 0 Å². The number of halogens is 2. The molecule has 2 amide bonds. The molecule has 1 aromatic carbocycles. The highest BCUT2D eigenvalue weighted by Gasteiger charge is 2.22. The zero-order chi connectivity index (χ0) is 22.7. The van der Waals surface area contributed by atoms with Gasteiger partial charge in [0.05, 0.1) is 0 Å². The molecule has 0 unspecified atom stereocenters. The van der Waals surface area contributed by atoms with E-state index in [1.54, 1.807) is 29.0 Å². The van der Waals surface area contributed by atoms with Crippen molar-refractivity contribution in [2.75, 3.05) is 11.9 Å². The Labute approximate surface area is 197 Å². The lowest BCUT2D eigenvalue weighted by molar-refractivity contribution is -0.136. The number of nitrogens with one attached hydrogen (secondary N) is 1. The predicted molar refractivity (Wildman–Crippen MR) is 127 cm³/mol. The average molecular weight is 550 g/mol. The Kier molecular flexibility index (Phi) is 7.27. The monoisotopic (exact) mass is 548 g/mol. The third-order valence-electron chi connectivity index (χ3n) is 4.77. The maximum atomic E-state index is 13.1. The molecule has 2 heterocycles. The van der Waals surface area contributed by atoms with Gasteiger partial charge < -0.3 is 14.8 Å². The van der Waals surface area contributed by atoms with E-state index in [-0.39, 0.29) is 36.7 Å². The minimum Gasteiger partial charge on any atom is -0.337 e. The third-order valence-corrected chi connectivity index (χ3v) is 5.70. The minimum atomic E-state index is -0.335. The summed E-state index contributed by atoms with van der Waals surface area (Å²) in [7, 11) is 0. The van der Waals surface area contributed by atoms with Crippen molar-refractivity contribution in [1.82, 2.24) is 14.5 Å². The van der Waals surface area contributed by atoms with Gasteiger partial charge >= 0.3 is 0 Å². The largest absolute Gasteiger partial charge is 0.337 e. The van der Waals surface area contributed by atoms with E-state index in [4.69, 9.17) is 0 Å². The van der Waals surface area contributed by atoms with Gasteiger partial charge in [-0.15, -0.1) is 0 Å². The van der Waals surface area contributed by atoms with Gasteiger partial charge in [0.1, 0.15) is 23.5 Å². The molecule has 9 heteroatoms. The summed E-state index contributed by atoms with van der Waals surface area (Å²) in [5, 5.41) is 3.49. The van der Waals surface area contributed by atoms with Crippen LogP contribution >= 0.6 is 31.9 Å². The van der Waals surface area contributed by atoms with E-state index in [1.165, 1.54) is 11.8 Å². The second-order valence-corrected chi connectivity index (χ2v) is 9.13. The van der Waals surface area contributed by atoms with Crippen LogP contribution < -0.4 is 5.32 Å². The number of carbonyl (C=O) groups is 3. The van der Waals surface area contributed by atoms with Gasteiger partial charge in [-0.2, -0.15) is 0 Å². The highest BCUT2D eigenvalue weighted by molar-refractivity contribution is 9.10. The zero-order valence-electron chi connectivity index (χ0n) is 17.4. The Balaban J connectivity index is 1.79. The van der Waals surface area contributed by atoms with Gasteiger partial charge in [0.2, 0.25) is 11.8 Å². The molecule has 3 aromatic rings.